The molecular formula is C8H8ClNO3. The van der Waals surface area contributed by atoms with Crippen LogP contribution in [0.5, 0.6) is 0 Å². The van der Waals surface area contributed by atoms with Crippen molar-refractivity contribution in [3.63, 3.8) is 0 Å². The highest BCUT2D eigenvalue weighted by Gasteiger charge is 2.05. The molecule has 1 rings (SSSR count). The molecule has 0 aliphatic rings. The van der Waals surface area contributed by atoms with Gasteiger partial charge in [0, 0.05) is 11.6 Å². The summed E-state index contributed by atoms with van der Waals surface area (Å²) in [5, 5.41) is 18.5. The molecule has 0 heterocycles. The monoisotopic (exact) mass is 201 g/mol. The largest absolute Gasteiger partial charge is 0.627 e. The summed E-state index contributed by atoms with van der Waals surface area (Å²) in [6.45, 7) is -0.570. The number of aliphatic hydroxyl groups is 1. The Morgan fingerprint density at radius 3 is 2.85 bits per heavy atom. The third-order valence-corrected chi connectivity index (χ3v) is 1.77. The van der Waals surface area contributed by atoms with Crippen LogP contribution in [0.25, 0.3) is 0 Å². The molecule has 0 aliphatic carbocycles. The molecule has 5 heteroatoms. The standard InChI is InChI=1S/C8H8ClNO3/c9-8(12)6-2-1-3-7(4-6)10(13)5-11/h1-4,10-11H,5H2. The van der Waals surface area contributed by atoms with Crippen LogP contribution in [0.3, 0.4) is 0 Å². The van der Waals surface area contributed by atoms with E-state index in [1.807, 2.05) is 0 Å². The molecule has 0 radical (unpaired) electrons. The smallest absolute Gasteiger partial charge is 0.252 e. The number of halogens is 1. The van der Waals surface area contributed by atoms with Crippen LogP contribution in [-0.4, -0.2) is 17.1 Å². The molecule has 13 heavy (non-hydrogen) atoms. The molecule has 1 aromatic rings. The molecule has 0 bridgehead atoms. The van der Waals surface area contributed by atoms with E-state index in [1.54, 1.807) is 6.07 Å². The molecule has 0 spiro atoms. The highest BCUT2D eigenvalue weighted by atomic mass is 35.5. The van der Waals surface area contributed by atoms with E-state index in [4.69, 9.17) is 16.7 Å². The van der Waals surface area contributed by atoms with Crippen molar-refractivity contribution in [2.75, 3.05) is 6.73 Å². The maximum atomic E-state index is 11.0. The molecule has 0 aliphatic heterocycles. The molecule has 1 aromatic carbocycles. The fraction of sp³-hybridized carbons (Fsp3) is 0.125. The van der Waals surface area contributed by atoms with Gasteiger partial charge in [0.05, 0.1) is 0 Å². The average molecular weight is 202 g/mol. The molecular weight excluding hydrogens is 194 g/mol. The predicted octanol–water partition coefficient (Wildman–Crippen LogP) is 0.0296. The lowest BCUT2D eigenvalue weighted by Crippen LogP contribution is -3.02. The van der Waals surface area contributed by atoms with Crippen molar-refractivity contribution in [1.29, 1.82) is 0 Å². The van der Waals surface area contributed by atoms with Crippen molar-refractivity contribution in [1.82, 2.24) is 0 Å². The van der Waals surface area contributed by atoms with Gasteiger partial charge in [0.15, 0.2) is 6.73 Å². The number of carbonyl (C=O) groups is 1. The van der Waals surface area contributed by atoms with Gasteiger partial charge in [-0.3, -0.25) is 4.79 Å². The Morgan fingerprint density at radius 2 is 2.31 bits per heavy atom. The second-order valence-electron chi connectivity index (χ2n) is 2.44. The Morgan fingerprint density at radius 1 is 1.62 bits per heavy atom. The third kappa shape index (κ3) is 2.50. The highest BCUT2D eigenvalue weighted by Crippen LogP contribution is 2.08. The molecule has 2 N–H and O–H groups in total. The van der Waals surface area contributed by atoms with E-state index in [0.717, 1.165) is 0 Å². The van der Waals surface area contributed by atoms with Crippen molar-refractivity contribution in [3.05, 3.63) is 35.0 Å². The first kappa shape index (κ1) is 10.1. The zero-order chi connectivity index (χ0) is 9.84. The lowest BCUT2D eigenvalue weighted by atomic mass is 10.2. The number of quaternary nitrogens is 1. The van der Waals surface area contributed by atoms with Crippen molar-refractivity contribution >= 4 is 22.5 Å². The van der Waals surface area contributed by atoms with Crippen LogP contribution in [0.15, 0.2) is 24.3 Å². The topological polar surface area (TPSA) is 64.8 Å². The van der Waals surface area contributed by atoms with E-state index in [-0.39, 0.29) is 11.3 Å². The fourth-order valence-corrected chi connectivity index (χ4v) is 1.02. The quantitative estimate of drug-likeness (QED) is 0.412. The minimum absolute atomic E-state index is 0.251. The van der Waals surface area contributed by atoms with E-state index >= 15 is 0 Å². The number of aliphatic hydroxyl groups excluding tert-OH is 1. The second kappa shape index (κ2) is 4.34. The first-order chi connectivity index (χ1) is 6.15. The van der Waals surface area contributed by atoms with Gasteiger partial charge >= 0.3 is 0 Å². The summed E-state index contributed by atoms with van der Waals surface area (Å²) >= 11 is 5.21. The maximum absolute atomic E-state index is 11.0. The second-order valence-corrected chi connectivity index (χ2v) is 2.78. The van der Waals surface area contributed by atoms with Crippen molar-refractivity contribution < 1.29 is 15.0 Å². The van der Waals surface area contributed by atoms with Gasteiger partial charge < -0.3 is 15.4 Å². The Balaban J connectivity index is 2.98. The molecule has 70 valence electrons. The van der Waals surface area contributed by atoms with Crippen molar-refractivity contribution in [2.45, 2.75) is 0 Å². The van der Waals surface area contributed by atoms with Crippen LogP contribution in [0, 0.1) is 5.21 Å². The number of hydroxylamine groups is 1. The van der Waals surface area contributed by atoms with Gasteiger partial charge in [0.25, 0.3) is 5.24 Å². The zero-order valence-electron chi connectivity index (χ0n) is 6.66. The summed E-state index contributed by atoms with van der Waals surface area (Å²) in [5.74, 6) is 0. The minimum Gasteiger partial charge on any atom is -0.627 e. The van der Waals surface area contributed by atoms with Crippen LogP contribution >= 0.6 is 11.6 Å². The Bertz CT molecular complexity index is 316. The van der Waals surface area contributed by atoms with E-state index in [2.05, 4.69) is 0 Å². The molecule has 0 aromatic heterocycles. The van der Waals surface area contributed by atoms with E-state index in [1.165, 1.54) is 18.2 Å². The summed E-state index contributed by atoms with van der Waals surface area (Å²) in [5.41, 5.74) is 0.537. The molecule has 0 saturated heterocycles. The van der Waals surface area contributed by atoms with E-state index < -0.39 is 17.0 Å². The molecule has 0 amide bonds. The van der Waals surface area contributed by atoms with Gasteiger partial charge in [-0.15, -0.1) is 0 Å². The van der Waals surface area contributed by atoms with Gasteiger partial charge in [0.2, 0.25) is 0 Å². The van der Waals surface area contributed by atoms with Gasteiger partial charge in [-0.1, -0.05) is 6.07 Å². The van der Waals surface area contributed by atoms with Crippen molar-refractivity contribution in [3.8, 4) is 0 Å². The van der Waals surface area contributed by atoms with E-state index in [9.17, 15) is 10.0 Å². The van der Waals surface area contributed by atoms with Gasteiger partial charge in [-0.25, -0.2) is 0 Å². The Hall–Kier alpha value is -0.940. The van der Waals surface area contributed by atoms with Gasteiger partial charge in [-0.05, 0) is 23.7 Å². The van der Waals surface area contributed by atoms with Crippen molar-refractivity contribution in [2.24, 2.45) is 0 Å². The van der Waals surface area contributed by atoms with Crippen LogP contribution in [0.4, 0.5) is 5.69 Å². The number of hydrogen-bond acceptors (Lipinski definition) is 3. The zero-order valence-corrected chi connectivity index (χ0v) is 7.41. The summed E-state index contributed by atoms with van der Waals surface area (Å²) in [6.07, 6.45) is 0. The predicted molar refractivity (Wildman–Crippen MR) is 47.7 cm³/mol. The first-order valence-electron chi connectivity index (χ1n) is 3.59. The molecule has 4 nitrogen and oxygen atoms in total. The van der Waals surface area contributed by atoms with Crippen LogP contribution < -0.4 is 5.06 Å². The van der Waals surface area contributed by atoms with Gasteiger partial charge in [-0.2, -0.15) is 0 Å². The van der Waals surface area contributed by atoms with Crippen LogP contribution in [0.2, 0.25) is 0 Å². The summed E-state index contributed by atoms with van der Waals surface area (Å²) in [4.78, 5) is 10.7. The van der Waals surface area contributed by atoms with Gasteiger partial charge in [0.1, 0.15) is 5.69 Å². The summed E-state index contributed by atoms with van der Waals surface area (Å²) in [6, 6.07) is 5.91. The lowest BCUT2D eigenvalue weighted by Gasteiger charge is -2.18. The summed E-state index contributed by atoms with van der Waals surface area (Å²) < 4.78 is 0. The molecule has 1 atom stereocenters. The average Bonchev–Trinajstić information content (AvgIpc) is 2.17. The molecule has 1 unspecified atom stereocenters. The Labute approximate surface area is 79.9 Å². The van der Waals surface area contributed by atoms with Crippen LogP contribution in [0.1, 0.15) is 10.4 Å². The van der Waals surface area contributed by atoms with Crippen LogP contribution in [-0.2, 0) is 0 Å². The summed E-state index contributed by atoms with van der Waals surface area (Å²) in [7, 11) is 0. The number of carbonyl (C=O) groups excluding carboxylic acids is 1. The normalized spacial score (nSPS) is 12.5. The Kier molecular flexibility index (Phi) is 3.39. The number of hydrogen-bond donors (Lipinski definition) is 2. The third-order valence-electron chi connectivity index (χ3n) is 1.56. The minimum atomic E-state index is -0.618. The van der Waals surface area contributed by atoms with E-state index in [0.29, 0.717) is 0 Å². The maximum Gasteiger partial charge on any atom is 0.252 e. The fourth-order valence-electron chi connectivity index (χ4n) is 0.906. The highest BCUT2D eigenvalue weighted by molar-refractivity contribution is 6.67. The lowest BCUT2D eigenvalue weighted by molar-refractivity contribution is -0.800. The number of rotatable bonds is 3. The molecule has 0 fully saturated rings. The number of benzene rings is 1. The number of nitrogens with one attached hydrogen (secondary N) is 1. The first-order valence-corrected chi connectivity index (χ1v) is 3.97. The SMILES string of the molecule is O=C(Cl)c1cccc([NH+]([O-])CO)c1. The molecule has 0 saturated carbocycles.